The molecule has 1 N–H and O–H groups in total. The molecular weight excluding hydrogens is 284 g/mol. The van der Waals surface area contributed by atoms with E-state index in [0.717, 1.165) is 43.5 Å². The number of nitrogens with zero attached hydrogens (tertiary/aromatic N) is 1. The SMILES string of the molecule is CC1(C)CCN(S(=O)(=O)c2ccc3c(c2)CCCN3)CC1. The summed E-state index contributed by atoms with van der Waals surface area (Å²) < 4.78 is 27.2. The van der Waals surface area contributed by atoms with Crippen LogP contribution in [-0.2, 0) is 16.4 Å². The van der Waals surface area contributed by atoms with Crippen molar-refractivity contribution in [1.82, 2.24) is 4.31 Å². The first-order valence-electron chi connectivity index (χ1n) is 7.75. The second kappa shape index (κ2) is 5.29. The summed E-state index contributed by atoms with van der Waals surface area (Å²) >= 11 is 0. The standard InChI is InChI=1S/C16H24N2O2S/c1-16(2)7-10-18(11-8-16)21(19,20)14-5-6-15-13(12-14)4-3-9-17-15/h5-6,12,17H,3-4,7-11H2,1-2H3. The maximum Gasteiger partial charge on any atom is 0.243 e. The summed E-state index contributed by atoms with van der Waals surface area (Å²) in [5.74, 6) is 0. The van der Waals surface area contributed by atoms with Gasteiger partial charge in [-0.25, -0.2) is 8.42 Å². The van der Waals surface area contributed by atoms with Crippen LogP contribution in [0.2, 0.25) is 0 Å². The molecule has 0 amide bonds. The molecule has 0 spiro atoms. The molecule has 0 aliphatic carbocycles. The van der Waals surface area contributed by atoms with Crippen molar-refractivity contribution in [3.63, 3.8) is 0 Å². The van der Waals surface area contributed by atoms with Gasteiger partial charge in [0.05, 0.1) is 4.90 Å². The molecule has 0 saturated carbocycles. The van der Waals surface area contributed by atoms with Crippen molar-refractivity contribution in [3.05, 3.63) is 23.8 Å². The molecule has 0 aromatic heterocycles. The Labute approximate surface area is 127 Å². The highest BCUT2D eigenvalue weighted by molar-refractivity contribution is 7.89. The molecule has 1 fully saturated rings. The Morgan fingerprint density at radius 3 is 2.62 bits per heavy atom. The zero-order valence-electron chi connectivity index (χ0n) is 12.9. The molecule has 2 aliphatic heterocycles. The molecule has 0 unspecified atom stereocenters. The normalized spacial score (nSPS) is 22.4. The Bertz CT molecular complexity index is 628. The van der Waals surface area contributed by atoms with Crippen LogP contribution in [0.4, 0.5) is 5.69 Å². The number of hydrogen-bond acceptors (Lipinski definition) is 3. The molecular formula is C16H24N2O2S. The van der Waals surface area contributed by atoms with E-state index in [9.17, 15) is 8.42 Å². The Balaban J connectivity index is 1.85. The third kappa shape index (κ3) is 2.94. The van der Waals surface area contributed by atoms with E-state index in [0.29, 0.717) is 18.0 Å². The van der Waals surface area contributed by atoms with Crippen molar-refractivity contribution in [2.75, 3.05) is 25.0 Å². The fourth-order valence-corrected chi connectivity index (χ4v) is 4.59. The number of nitrogens with one attached hydrogen (secondary N) is 1. The molecule has 3 rings (SSSR count). The number of piperidine rings is 1. The van der Waals surface area contributed by atoms with Gasteiger partial charge in [-0.15, -0.1) is 0 Å². The Morgan fingerprint density at radius 2 is 1.90 bits per heavy atom. The van der Waals surface area contributed by atoms with Gasteiger partial charge in [0.2, 0.25) is 10.0 Å². The monoisotopic (exact) mass is 308 g/mol. The lowest BCUT2D eigenvalue weighted by molar-refractivity contribution is 0.196. The first kappa shape index (κ1) is 14.9. The topological polar surface area (TPSA) is 49.4 Å². The maximum absolute atomic E-state index is 12.8. The molecule has 2 aliphatic rings. The number of sulfonamides is 1. The Kier molecular flexibility index (Phi) is 3.74. The van der Waals surface area contributed by atoms with E-state index in [1.54, 1.807) is 10.4 Å². The van der Waals surface area contributed by atoms with E-state index < -0.39 is 10.0 Å². The van der Waals surface area contributed by atoms with Crippen molar-refractivity contribution >= 4 is 15.7 Å². The van der Waals surface area contributed by atoms with Crippen LogP contribution in [0.3, 0.4) is 0 Å². The third-order valence-corrected chi connectivity index (χ3v) is 6.62. The van der Waals surface area contributed by atoms with Crippen molar-refractivity contribution in [2.24, 2.45) is 5.41 Å². The predicted molar refractivity (Wildman–Crippen MR) is 85.0 cm³/mol. The average Bonchev–Trinajstić information content (AvgIpc) is 2.46. The highest BCUT2D eigenvalue weighted by Gasteiger charge is 2.33. The van der Waals surface area contributed by atoms with Crippen LogP contribution in [0.25, 0.3) is 0 Å². The highest BCUT2D eigenvalue weighted by Crippen LogP contribution is 2.33. The van der Waals surface area contributed by atoms with E-state index >= 15 is 0 Å². The molecule has 116 valence electrons. The molecule has 0 radical (unpaired) electrons. The fraction of sp³-hybridized carbons (Fsp3) is 0.625. The summed E-state index contributed by atoms with van der Waals surface area (Å²) in [6, 6.07) is 5.51. The summed E-state index contributed by atoms with van der Waals surface area (Å²) in [7, 11) is -3.34. The second-order valence-corrected chi connectivity index (χ2v) is 8.86. The zero-order valence-corrected chi connectivity index (χ0v) is 13.7. The van der Waals surface area contributed by atoms with Crippen molar-refractivity contribution in [2.45, 2.75) is 44.4 Å². The van der Waals surface area contributed by atoms with Crippen LogP contribution in [0.15, 0.2) is 23.1 Å². The average molecular weight is 308 g/mol. The van der Waals surface area contributed by atoms with E-state index in [2.05, 4.69) is 19.2 Å². The number of benzene rings is 1. The van der Waals surface area contributed by atoms with Gasteiger partial charge in [-0.3, -0.25) is 0 Å². The van der Waals surface area contributed by atoms with Gasteiger partial charge < -0.3 is 5.32 Å². The summed E-state index contributed by atoms with van der Waals surface area (Å²) in [6.07, 6.45) is 3.88. The van der Waals surface area contributed by atoms with Gasteiger partial charge in [0.1, 0.15) is 0 Å². The Morgan fingerprint density at radius 1 is 1.19 bits per heavy atom. The first-order valence-corrected chi connectivity index (χ1v) is 9.19. The molecule has 0 bridgehead atoms. The van der Waals surface area contributed by atoms with Crippen molar-refractivity contribution < 1.29 is 8.42 Å². The molecule has 0 atom stereocenters. The fourth-order valence-electron chi connectivity index (χ4n) is 3.09. The lowest BCUT2D eigenvalue weighted by atomic mass is 9.83. The smallest absolute Gasteiger partial charge is 0.243 e. The molecule has 1 aromatic carbocycles. The van der Waals surface area contributed by atoms with E-state index in [-0.39, 0.29) is 5.41 Å². The lowest BCUT2D eigenvalue weighted by Gasteiger charge is -2.36. The van der Waals surface area contributed by atoms with Gasteiger partial charge in [-0.2, -0.15) is 4.31 Å². The van der Waals surface area contributed by atoms with Gasteiger partial charge >= 0.3 is 0 Å². The zero-order chi connectivity index (χ0) is 15.1. The van der Waals surface area contributed by atoms with Crippen LogP contribution in [-0.4, -0.2) is 32.4 Å². The van der Waals surface area contributed by atoms with Gasteiger partial charge in [-0.05, 0) is 54.9 Å². The van der Waals surface area contributed by atoms with Gasteiger partial charge in [0.25, 0.3) is 0 Å². The number of hydrogen-bond donors (Lipinski definition) is 1. The number of fused-ring (bicyclic) bond motifs is 1. The van der Waals surface area contributed by atoms with Crippen LogP contribution in [0, 0.1) is 5.41 Å². The minimum absolute atomic E-state index is 0.256. The molecule has 4 nitrogen and oxygen atoms in total. The minimum atomic E-state index is -3.34. The molecule has 21 heavy (non-hydrogen) atoms. The number of anilines is 1. The van der Waals surface area contributed by atoms with Crippen LogP contribution in [0.1, 0.15) is 38.7 Å². The minimum Gasteiger partial charge on any atom is -0.385 e. The van der Waals surface area contributed by atoms with Crippen LogP contribution < -0.4 is 5.32 Å². The van der Waals surface area contributed by atoms with Gasteiger partial charge in [-0.1, -0.05) is 13.8 Å². The van der Waals surface area contributed by atoms with Gasteiger partial charge in [0, 0.05) is 25.3 Å². The second-order valence-electron chi connectivity index (χ2n) is 6.92. The predicted octanol–water partition coefficient (Wildman–Crippen LogP) is 2.86. The quantitative estimate of drug-likeness (QED) is 0.914. The van der Waals surface area contributed by atoms with E-state index in [1.807, 2.05) is 12.1 Å². The highest BCUT2D eigenvalue weighted by atomic mass is 32.2. The van der Waals surface area contributed by atoms with Crippen LogP contribution in [0.5, 0.6) is 0 Å². The third-order valence-electron chi connectivity index (χ3n) is 4.73. The molecule has 1 aromatic rings. The molecule has 1 saturated heterocycles. The Hall–Kier alpha value is -1.07. The van der Waals surface area contributed by atoms with Crippen LogP contribution >= 0.6 is 0 Å². The number of aryl methyl sites for hydroxylation is 1. The first-order chi connectivity index (χ1) is 9.88. The van der Waals surface area contributed by atoms with Gasteiger partial charge in [0.15, 0.2) is 0 Å². The van der Waals surface area contributed by atoms with E-state index in [1.165, 1.54) is 0 Å². The van der Waals surface area contributed by atoms with Crippen molar-refractivity contribution in [3.8, 4) is 0 Å². The number of rotatable bonds is 2. The van der Waals surface area contributed by atoms with E-state index in [4.69, 9.17) is 0 Å². The molecule has 5 heteroatoms. The summed E-state index contributed by atoms with van der Waals surface area (Å²) in [4.78, 5) is 0.449. The largest absolute Gasteiger partial charge is 0.385 e. The summed E-state index contributed by atoms with van der Waals surface area (Å²) in [6.45, 7) is 6.65. The lowest BCUT2D eigenvalue weighted by Crippen LogP contribution is -2.41. The summed E-state index contributed by atoms with van der Waals surface area (Å²) in [5, 5.41) is 3.32. The maximum atomic E-state index is 12.8. The summed E-state index contributed by atoms with van der Waals surface area (Å²) in [5.41, 5.74) is 2.46. The van der Waals surface area contributed by atoms with Crippen molar-refractivity contribution in [1.29, 1.82) is 0 Å². The molecule has 2 heterocycles.